The molecule has 0 aliphatic rings. The van der Waals surface area contributed by atoms with Crippen LogP contribution in [0.15, 0.2) is 30.3 Å². The van der Waals surface area contributed by atoms with Crippen molar-refractivity contribution in [2.75, 3.05) is 26.2 Å². The van der Waals surface area contributed by atoms with Crippen molar-refractivity contribution in [2.24, 2.45) is 23.5 Å². The number of nitrogens with one attached hydrogen (secondary N) is 6. The standard InChI is InChI=1S/C39H61F3N8O10/c1-21(2)13-26(18-50(20-39(40,41)42)30(34(43)56)14-22(3)4)46-31(53)17-44-38(60)33(23(5)6)49-36(58)27(15-25-11-9-8-10-12-25)47-37(59)29(19-51)48-35(57)28(16-32(54)55)45-24(7)52/h8-12,21-23,26-30,33,51H,13-20H2,1-7H3,(H2,43,56)(H,44,60)(H,45,52)(H,46,53)(H,47,59)(H,48,57)(H,49,58)(H,54,55)/t26-,27-,28-,29-,30-,33-/m0/s1. The van der Waals surface area contributed by atoms with E-state index in [0.29, 0.717) is 5.56 Å². The Bertz CT molecular complexity index is 1600. The van der Waals surface area contributed by atoms with E-state index < -0.39 is 122 Å². The molecule has 1 aromatic rings. The summed E-state index contributed by atoms with van der Waals surface area (Å²) in [5.41, 5.74) is 6.08. The second-order valence-electron chi connectivity index (χ2n) is 15.8. The molecular weight excluding hydrogens is 797 g/mol. The normalized spacial score (nSPS) is 14.7. The van der Waals surface area contributed by atoms with E-state index in [9.17, 15) is 56.6 Å². The maximum atomic E-state index is 13.8. The molecule has 0 unspecified atom stereocenters. The number of hydrogen-bond donors (Lipinski definition) is 9. The van der Waals surface area contributed by atoms with Crippen LogP contribution in [-0.4, -0.2) is 131 Å². The molecular formula is C39H61F3N8O10. The molecule has 0 aliphatic heterocycles. The number of nitrogens with zero attached hydrogens (tertiary/aromatic N) is 1. The summed E-state index contributed by atoms with van der Waals surface area (Å²) in [7, 11) is 0. The molecule has 338 valence electrons. The molecule has 0 radical (unpaired) electrons. The zero-order valence-corrected chi connectivity index (χ0v) is 35.1. The first-order valence-electron chi connectivity index (χ1n) is 19.5. The van der Waals surface area contributed by atoms with Crippen LogP contribution in [0, 0.1) is 17.8 Å². The molecule has 0 aliphatic carbocycles. The van der Waals surface area contributed by atoms with E-state index >= 15 is 0 Å². The minimum atomic E-state index is -4.68. The van der Waals surface area contributed by atoms with Gasteiger partial charge in [-0.1, -0.05) is 71.9 Å². The zero-order valence-electron chi connectivity index (χ0n) is 35.1. The maximum absolute atomic E-state index is 13.8. The molecule has 0 saturated heterocycles. The summed E-state index contributed by atoms with van der Waals surface area (Å²) in [6.45, 7) is 7.86. The monoisotopic (exact) mass is 858 g/mol. The van der Waals surface area contributed by atoms with Crippen molar-refractivity contribution in [2.45, 2.75) is 117 Å². The van der Waals surface area contributed by atoms with Crippen LogP contribution in [0.1, 0.15) is 73.3 Å². The van der Waals surface area contributed by atoms with Crippen molar-refractivity contribution >= 4 is 47.3 Å². The number of carbonyl (C=O) groups excluding carboxylic acids is 7. The van der Waals surface area contributed by atoms with Crippen LogP contribution < -0.4 is 37.6 Å². The fourth-order valence-corrected chi connectivity index (χ4v) is 6.23. The van der Waals surface area contributed by atoms with Crippen LogP contribution in [-0.2, 0) is 44.8 Å². The van der Waals surface area contributed by atoms with Crippen molar-refractivity contribution in [1.82, 2.24) is 36.8 Å². The summed E-state index contributed by atoms with van der Waals surface area (Å²) in [6.07, 6.45) is -5.37. The van der Waals surface area contributed by atoms with Crippen molar-refractivity contribution in [3.8, 4) is 0 Å². The molecule has 0 saturated carbocycles. The lowest BCUT2D eigenvalue weighted by atomic mass is 9.98. The van der Waals surface area contributed by atoms with E-state index in [-0.39, 0.29) is 37.6 Å². The molecule has 18 nitrogen and oxygen atoms in total. The van der Waals surface area contributed by atoms with Gasteiger partial charge in [0.2, 0.25) is 41.4 Å². The van der Waals surface area contributed by atoms with E-state index in [1.807, 2.05) is 0 Å². The number of benzene rings is 1. The molecule has 0 aromatic heterocycles. The number of alkyl halides is 3. The van der Waals surface area contributed by atoms with Crippen molar-refractivity contribution in [3.05, 3.63) is 35.9 Å². The Hall–Kier alpha value is -5.31. The quantitative estimate of drug-likeness (QED) is 0.0585. The second-order valence-corrected chi connectivity index (χ2v) is 15.8. The highest BCUT2D eigenvalue weighted by Gasteiger charge is 2.38. The molecule has 0 heterocycles. The third-order valence-electron chi connectivity index (χ3n) is 8.90. The Morgan fingerprint density at radius 3 is 1.78 bits per heavy atom. The fourth-order valence-electron chi connectivity index (χ4n) is 6.23. The summed E-state index contributed by atoms with van der Waals surface area (Å²) >= 11 is 0. The third-order valence-corrected chi connectivity index (χ3v) is 8.90. The SMILES string of the molecule is CC(=O)N[C@@H](CC(=O)O)C(=O)N[C@@H](CO)C(=O)N[C@@H](Cc1ccccc1)C(=O)N[C@H](C(=O)NCC(=O)N[C@@H](CC(C)C)CN(CC(F)(F)F)[C@@H](CC(C)C)C(N)=O)C(C)C. The zero-order chi connectivity index (χ0) is 45.9. The predicted molar refractivity (Wildman–Crippen MR) is 212 cm³/mol. The molecule has 21 heteroatoms. The first-order valence-corrected chi connectivity index (χ1v) is 19.5. The number of carboxylic acid groups (broad SMARTS) is 1. The van der Waals surface area contributed by atoms with Gasteiger partial charge in [0.25, 0.3) is 0 Å². The Kier molecular flexibility index (Phi) is 22.3. The number of rotatable bonds is 26. The van der Waals surface area contributed by atoms with Gasteiger partial charge < -0.3 is 47.8 Å². The van der Waals surface area contributed by atoms with Crippen LogP contribution in [0.4, 0.5) is 13.2 Å². The van der Waals surface area contributed by atoms with E-state index in [0.717, 1.165) is 11.8 Å². The average Bonchev–Trinajstić information content (AvgIpc) is 3.11. The van der Waals surface area contributed by atoms with Gasteiger partial charge in [0.15, 0.2) is 0 Å². The summed E-state index contributed by atoms with van der Waals surface area (Å²) in [5, 5.41) is 33.5. The first kappa shape index (κ1) is 52.7. The number of halogens is 3. The Morgan fingerprint density at radius 1 is 0.750 bits per heavy atom. The van der Waals surface area contributed by atoms with Gasteiger partial charge in [-0.3, -0.25) is 43.3 Å². The van der Waals surface area contributed by atoms with Gasteiger partial charge in [0.1, 0.15) is 24.2 Å². The highest BCUT2D eigenvalue weighted by atomic mass is 19.4. The molecule has 60 heavy (non-hydrogen) atoms. The molecule has 10 N–H and O–H groups in total. The Labute approximate surface area is 347 Å². The van der Waals surface area contributed by atoms with Gasteiger partial charge in [-0.25, -0.2) is 0 Å². The highest BCUT2D eigenvalue weighted by Crippen LogP contribution is 2.22. The van der Waals surface area contributed by atoms with Gasteiger partial charge in [-0.05, 0) is 36.2 Å². The smallest absolute Gasteiger partial charge is 0.401 e. The predicted octanol–water partition coefficient (Wildman–Crippen LogP) is -0.277. The lowest BCUT2D eigenvalue weighted by Gasteiger charge is -2.35. The summed E-state index contributed by atoms with van der Waals surface area (Å²) < 4.78 is 41.0. The van der Waals surface area contributed by atoms with E-state index in [1.165, 1.54) is 0 Å². The van der Waals surface area contributed by atoms with Gasteiger partial charge in [-0.15, -0.1) is 0 Å². The number of primary amides is 1. The van der Waals surface area contributed by atoms with Gasteiger partial charge in [-0.2, -0.15) is 13.2 Å². The number of aliphatic carboxylic acids is 1. The fraction of sp³-hybridized carbons (Fsp3) is 0.641. The van der Waals surface area contributed by atoms with Crippen molar-refractivity contribution < 1.29 is 61.7 Å². The molecule has 0 bridgehead atoms. The minimum absolute atomic E-state index is 0.0511. The van der Waals surface area contributed by atoms with Gasteiger partial charge in [0, 0.05) is 25.9 Å². The molecule has 0 spiro atoms. The number of amides is 7. The largest absolute Gasteiger partial charge is 0.481 e. The highest BCUT2D eigenvalue weighted by molar-refractivity contribution is 5.97. The maximum Gasteiger partial charge on any atom is 0.401 e. The van der Waals surface area contributed by atoms with Crippen LogP contribution in [0.5, 0.6) is 0 Å². The topological polar surface area (TPSA) is 278 Å². The molecule has 7 amide bonds. The lowest BCUT2D eigenvalue weighted by molar-refractivity contribution is -0.156. The van der Waals surface area contributed by atoms with E-state index in [1.54, 1.807) is 71.9 Å². The number of nitrogens with two attached hydrogens (primary N) is 1. The van der Waals surface area contributed by atoms with Gasteiger partial charge in [0.05, 0.1) is 32.2 Å². The van der Waals surface area contributed by atoms with Crippen LogP contribution in [0.25, 0.3) is 0 Å². The Morgan fingerprint density at radius 2 is 1.30 bits per heavy atom. The van der Waals surface area contributed by atoms with Crippen molar-refractivity contribution in [3.63, 3.8) is 0 Å². The molecule has 6 atom stereocenters. The lowest BCUT2D eigenvalue weighted by Crippen LogP contribution is -2.60. The molecule has 1 rings (SSSR count). The summed E-state index contributed by atoms with van der Waals surface area (Å²) in [4.78, 5) is 103. The first-order chi connectivity index (χ1) is 27.8. The average molecular weight is 859 g/mol. The molecule has 1 aromatic carbocycles. The third kappa shape index (κ3) is 20.6. The summed E-state index contributed by atoms with van der Waals surface area (Å²) in [6, 6.07) is 0.224. The Balaban J connectivity index is 3.22. The van der Waals surface area contributed by atoms with Crippen LogP contribution in [0.3, 0.4) is 0 Å². The number of aliphatic hydroxyl groups is 1. The number of carboxylic acids is 1. The van der Waals surface area contributed by atoms with E-state index in [4.69, 9.17) is 10.8 Å². The number of carbonyl (C=O) groups is 8. The second kappa shape index (κ2) is 25.3. The minimum Gasteiger partial charge on any atom is -0.481 e. The number of hydrogen-bond acceptors (Lipinski definition) is 10. The van der Waals surface area contributed by atoms with E-state index in [2.05, 4.69) is 31.9 Å². The van der Waals surface area contributed by atoms with Gasteiger partial charge >= 0.3 is 12.1 Å². The van der Waals surface area contributed by atoms with Crippen molar-refractivity contribution in [1.29, 1.82) is 0 Å². The number of aliphatic hydroxyl groups excluding tert-OH is 1. The van der Waals surface area contributed by atoms with Crippen LogP contribution >= 0.6 is 0 Å². The van der Waals surface area contributed by atoms with Crippen LogP contribution in [0.2, 0.25) is 0 Å². The summed E-state index contributed by atoms with van der Waals surface area (Å²) in [5.74, 6) is -8.56. The molecule has 0 fully saturated rings.